The van der Waals surface area contributed by atoms with Crippen LogP contribution in [-0.4, -0.2) is 35.0 Å². The highest BCUT2D eigenvalue weighted by molar-refractivity contribution is 5.91. The molecule has 108 valence electrons. The summed E-state index contributed by atoms with van der Waals surface area (Å²) in [6.07, 6.45) is 0. The van der Waals surface area contributed by atoms with Crippen LogP contribution in [0, 0.1) is 15.9 Å². The fourth-order valence-electron chi connectivity index (χ4n) is 1.51. The molecule has 3 N–H and O–H groups in total. The highest BCUT2D eigenvalue weighted by atomic mass is 19.1. The maximum atomic E-state index is 13.4. The van der Waals surface area contributed by atoms with Gasteiger partial charge in [-0.1, -0.05) is 0 Å². The van der Waals surface area contributed by atoms with Crippen molar-refractivity contribution in [3.63, 3.8) is 0 Å². The zero-order valence-corrected chi connectivity index (χ0v) is 10.6. The van der Waals surface area contributed by atoms with Gasteiger partial charge in [-0.3, -0.25) is 14.9 Å². The third-order valence-electron chi connectivity index (χ3n) is 2.52. The van der Waals surface area contributed by atoms with Gasteiger partial charge in [-0.2, -0.15) is 0 Å². The molecule has 0 heterocycles. The van der Waals surface area contributed by atoms with E-state index in [1.165, 1.54) is 14.0 Å². The number of aromatic carboxylic acids is 1. The standard InChI is InChI=1S/C11H12FN3O5/c1-5(10(16)13-2)14-8-3-6(11(17)18)7(12)4-9(8)15(19)20/h3-5,14H,1-2H3,(H,13,16)(H,17,18). The van der Waals surface area contributed by atoms with E-state index in [1.807, 2.05) is 0 Å². The van der Waals surface area contributed by atoms with E-state index in [9.17, 15) is 24.1 Å². The van der Waals surface area contributed by atoms with Gasteiger partial charge in [0.1, 0.15) is 17.5 Å². The normalized spacial score (nSPS) is 11.6. The molecule has 0 aliphatic rings. The molecule has 1 aromatic rings. The van der Waals surface area contributed by atoms with E-state index in [0.29, 0.717) is 6.07 Å². The first-order chi connectivity index (χ1) is 9.27. The first kappa shape index (κ1) is 15.3. The predicted molar refractivity (Wildman–Crippen MR) is 67.2 cm³/mol. The molecule has 1 unspecified atom stereocenters. The Bertz CT molecular complexity index is 575. The van der Waals surface area contributed by atoms with Crippen LogP contribution in [0.15, 0.2) is 12.1 Å². The number of carboxylic acids is 1. The van der Waals surface area contributed by atoms with Gasteiger partial charge >= 0.3 is 5.97 Å². The van der Waals surface area contributed by atoms with Crippen molar-refractivity contribution in [2.75, 3.05) is 12.4 Å². The number of amides is 1. The van der Waals surface area contributed by atoms with Crippen molar-refractivity contribution >= 4 is 23.3 Å². The number of likely N-dealkylation sites (N-methyl/N-ethyl adjacent to an activating group) is 1. The van der Waals surface area contributed by atoms with Crippen LogP contribution in [0.2, 0.25) is 0 Å². The van der Waals surface area contributed by atoms with Crippen molar-refractivity contribution in [2.45, 2.75) is 13.0 Å². The van der Waals surface area contributed by atoms with E-state index in [4.69, 9.17) is 5.11 Å². The number of carboxylic acid groups (broad SMARTS) is 1. The highest BCUT2D eigenvalue weighted by Crippen LogP contribution is 2.28. The molecular weight excluding hydrogens is 273 g/mol. The average Bonchev–Trinajstić information content (AvgIpc) is 2.38. The van der Waals surface area contributed by atoms with Crippen LogP contribution in [0.4, 0.5) is 15.8 Å². The van der Waals surface area contributed by atoms with Crippen molar-refractivity contribution in [2.24, 2.45) is 0 Å². The summed E-state index contributed by atoms with van der Waals surface area (Å²) in [5.41, 5.74) is -1.62. The molecule has 1 amide bonds. The van der Waals surface area contributed by atoms with Gasteiger partial charge in [-0.15, -0.1) is 0 Å². The zero-order chi connectivity index (χ0) is 15.4. The highest BCUT2D eigenvalue weighted by Gasteiger charge is 2.23. The summed E-state index contributed by atoms with van der Waals surface area (Å²) in [5.74, 6) is -3.24. The minimum atomic E-state index is -1.56. The monoisotopic (exact) mass is 285 g/mol. The Labute approximate surface area is 112 Å². The van der Waals surface area contributed by atoms with Crippen molar-refractivity contribution in [1.82, 2.24) is 5.32 Å². The van der Waals surface area contributed by atoms with E-state index in [2.05, 4.69) is 10.6 Å². The molecule has 1 atom stereocenters. The number of nitro groups is 1. The number of nitrogens with zero attached hydrogens (tertiary/aromatic N) is 1. The lowest BCUT2D eigenvalue weighted by Gasteiger charge is -2.14. The molecule has 0 saturated heterocycles. The van der Waals surface area contributed by atoms with Gasteiger partial charge in [-0.05, 0) is 13.0 Å². The Balaban J connectivity index is 3.27. The number of anilines is 1. The van der Waals surface area contributed by atoms with Crippen molar-refractivity contribution in [3.8, 4) is 0 Å². The van der Waals surface area contributed by atoms with Gasteiger partial charge < -0.3 is 15.7 Å². The summed E-state index contributed by atoms with van der Waals surface area (Å²) in [6.45, 7) is 1.42. The summed E-state index contributed by atoms with van der Waals surface area (Å²) in [5, 5.41) is 24.4. The molecule has 20 heavy (non-hydrogen) atoms. The largest absolute Gasteiger partial charge is 0.478 e. The molecular formula is C11H12FN3O5. The smallest absolute Gasteiger partial charge is 0.338 e. The molecule has 0 aromatic heterocycles. The lowest BCUT2D eigenvalue weighted by atomic mass is 10.1. The van der Waals surface area contributed by atoms with E-state index in [0.717, 1.165) is 6.07 Å². The van der Waals surface area contributed by atoms with E-state index >= 15 is 0 Å². The second kappa shape index (κ2) is 5.95. The van der Waals surface area contributed by atoms with E-state index in [1.54, 1.807) is 0 Å². The number of halogens is 1. The zero-order valence-electron chi connectivity index (χ0n) is 10.6. The number of carbonyl (C=O) groups is 2. The molecule has 0 aliphatic carbocycles. The molecule has 0 radical (unpaired) electrons. The second-order valence-corrected chi connectivity index (χ2v) is 3.89. The first-order valence-electron chi connectivity index (χ1n) is 5.47. The third kappa shape index (κ3) is 3.19. The van der Waals surface area contributed by atoms with Gasteiger partial charge in [0.05, 0.1) is 16.6 Å². The first-order valence-corrected chi connectivity index (χ1v) is 5.47. The molecule has 0 saturated carbocycles. The van der Waals surface area contributed by atoms with Gasteiger partial charge in [0.2, 0.25) is 5.91 Å². The topological polar surface area (TPSA) is 122 Å². The summed E-state index contributed by atoms with van der Waals surface area (Å²) in [6, 6.07) is 0.434. The minimum Gasteiger partial charge on any atom is -0.478 e. The maximum absolute atomic E-state index is 13.4. The molecule has 0 bridgehead atoms. The van der Waals surface area contributed by atoms with Crippen LogP contribution in [0.1, 0.15) is 17.3 Å². The number of nitro benzene ring substituents is 1. The quantitative estimate of drug-likeness (QED) is 0.547. The maximum Gasteiger partial charge on any atom is 0.338 e. The third-order valence-corrected chi connectivity index (χ3v) is 2.52. The summed E-state index contributed by atoms with van der Waals surface area (Å²) >= 11 is 0. The Hall–Kier alpha value is -2.71. The Morgan fingerprint density at radius 1 is 1.45 bits per heavy atom. The van der Waals surface area contributed by atoms with Crippen LogP contribution >= 0.6 is 0 Å². The van der Waals surface area contributed by atoms with Crippen LogP contribution in [0.5, 0.6) is 0 Å². The molecule has 9 heteroatoms. The average molecular weight is 285 g/mol. The van der Waals surface area contributed by atoms with Crippen molar-refractivity contribution in [3.05, 3.63) is 33.6 Å². The van der Waals surface area contributed by atoms with Crippen LogP contribution in [0.25, 0.3) is 0 Å². The van der Waals surface area contributed by atoms with E-state index in [-0.39, 0.29) is 5.69 Å². The van der Waals surface area contributed by atoms with E-state index < -0.39 is 39.9 Å². The van der Waals surface area contributed by atoms with Gasteiger partial charge in [0, 0.05) is 7.05 Å². The molecule has 1 aromatic carbocycles. The molecule has 1 rings (SSSR count). The van der Waals surface area contributed by atoms with Gasteiger partial charge in [0.15, 0.2) is 0 Å². The number of hydrogen-bond donors (Lipinski definition) is 3. The predicted octanol–water partition coefficient (Wildman–Crippen LogP) is 0.978. The number of rotatable bonds is 5. The fourth-order valence-corrected chi connectivity index (χ4v) is 1.51. The molecule has 0 aliphatic heterocycles. The number of nitrogens with one attached hydrogen (secondary N) is 2. The minimum absolute atomic E-state index is 0.245. The SMILES string of the molecule is CNC(=O)C(C)Nc1cc(C(=O)O)c(F)cc1[N+](=O)[O-]. The van der Waals surface area contributed by atoms with Crippen LogP contribution < -0.4 is 10.6 Å². The molecule has 8 nitrogen and oxygen atoms in total. The number of hydrogen-bond acceptors (Lipinski definition) is 5. The van der Waals surface area contributed by atoms with Crippen molar-refractivity contribution < 1.29 is 24.0 Å². The lowest BCUT2D eigenvalue weighted by Crippen LogP contribution is -2.35. The molecule has 0 fully saturated rings. The second-order valence-electron chi connectivity index (χ2n) is 3.89. The van der Waals surface area contributed by atoms with Crippen molar-refractivity contribution in [1.29, 1.82) is 0 Å². The van der Waals surface area contributed by atoms with Crippen LogP contribution in [-0.2, 0) is 4.79 Å². The summed E-state index contributed by atoms with van der Waals surface area (Å²) in [7, 11) is 1.38. The summed E-state index contributed by atoms with van der Waals surface area (Å²) < 4.78 is 13.4. The Kier molecular flexibility index (Phi) is 4.57. The lowest BCUT2D eigenvalue weighted by molar-refractivity contribution is -0.384. The van der Waals surface area contributed by atoms with Gasteiger partial charge in [0.25, 0.3) is 5.69 Å². The molecule has 0 spiro atoms. The Morgan fingerprint density at radius 2 is 2.05 bits per heavy atom. The summed E-state index contributed by atoms with van der Waals surface area (Å²) in [4.78, 5) is 32.1. The van der Waals surface area contributed by atoms with Gasteiger partial charge in [-0.25, -0.2) is 9.18 Å². The van der Waals surface area contributed by atoms with Crippen LogP contribution in [0.3, 0.4) is 0 Å². The number of carbonyl (C=O) groups excluding carboxylic acids is 1. The number of benzene rings is 1. The Morgan fingerprint density at radius 3 is 2.50 bits per heavy atom. The fraction of sp³-hybridized carbons (Fsp3) is 0.273.